The van der Waals surface area contributed by atoms with Crippen LogP contribution in [0.4, 0.5) is 11.6 Å². The summed E-state index contributed by atoms with van der Waals surface area (Å²) < 4.78 is 29.9. The number of nitrogens with zero attached hydrogens (tertiary/aromatic N) is 9. The second-order valence-corrected chi connectivity index (χ2v) is 25.0. The van der Waals surface area contributed by atoms with E-state index in [0.717, 1.165) is 104 Å². The van der Waals surface area contributed by atoms with E-state index in [1.165, 1.54) is 20.9 Å². The number of benzene rings is 4. The number of esters is 1. The van der Waals surface area contributed by atoms with Gasteiger partial charge >= 0.3 is 5.97 Å². The number of hydrogen-bond acceptors (Lipinski definition) is 17. The predicted octanol–water partition coefficient (Wildman–Crippen LogP) is 5.85. The number of anilines is 2. The maximum Gasteiger partial charge on any atom is 0.329 e. The summed E-state index contributed by atoms with van der Waals surface area (Å²) in [6, 6.07) is 27.5. The molecular weight excluding hydrogens is 1110 g/mol. The molecule has 5 amide bonds. The van der Waals surface area contributed by atoms with Crippen LogP contribution in [0.5, 0.6) is 11.5 Å². The van der Waals surface area contributed by atoms with E-state index in [0.29, 0.717) is 73.3 Å². The Morgan fingerprint density at radius 2 is 1.15 bits per heavy atom. The third-order valence-corrected chi connectivity index (χ3v) is 17.8. The summed E-state index contributed by atoms with van der Waals surface area (Å²) in [5.41, 5.74) is 11.3. The maximum atomic E-state index is 14.9. The first-order valence-corrected chi connectivity index (χ1v) is 30.5. The number of piperidine rings is 1. The molecule has 0 saturated carbocycles. The van der Waals surface area contributed by atoms with Crippen LogP contribution in [0.2, 0.25) is 0 Å². The standard InChI is InChI=1S/C66H74N10O11/c1-66(2,3)87-65(82)57(34-56(61(67)78)75-38-46-33-48(9-11-52(46)63(75)80)86-50-19-21-71(40-50)36-42-5-13-54-44(31-42)7-16-59(69-54)73-24-28-84-29-25-73)76-60(77)17-14-55(64(76)81)74-37-45-32-47(8-10-51(45)62(74)79)85-49-18-20-70(39-49)35-41-4-12-53-43(30-41)6-15-58(68-53)72-22-26-83-27-23-72/h4-13,15-16,30-33,49-50,55-57H,14,17-29,34-40H2,1-3H3,(H2,67,78)/t49-,50-,55-,56-,57-/m0/s1. The van der Waals surface area contributed by atoms with E-state index in [2.05, 4.69) is 80.3 Å². The highest BCUT2D eigenvalue weighted by Crippen LogP contribution is 2.36. The number of imide groups is 1. The Bertz CT molecular complexity index is 3670. The van der Waals surface area contributed by atoms with Gasteiger partial charge in [-0.05, 0) is 147 Å². The minimum absolute atomic E-state index is 0.0151. The minimum Gasteiger partial charge on any atom is -0.489 e. The SMILES string of the molecule is CC(C)(C)OC(=O)[C@H](C[C@@H](C(N)=O)N1Cc2cc(O[C@H]3CCN(Cc4ccc5nc(N6CCOCC6)ccc5c4)C3)ccc2C1=O)N1C(=O)CC[C@H](N2Cc3cc(O[C@H]4CCN(Cc5ccc6nc(N7CCOCC7)ccc6c5)C4)ccc3C2=O)C1=O. The molecule has 0 aliphatic carbocycles. The molecule has 7 aliphatic heterocycles. The van der Waals surface area contributed by atoms with Gasteiger partial charge in [-0.15, -0.1) is 0 Å². The van der Waals surface area contributed by atoms with E-state index in [1.54, 1.807) is 51.1 Å². The lowest BCUT2D eigenvalue weighted by Crippen LogP contribution is -2.61. The highest BCUT2D eigenvalue weighted by molar-refractivity contribution is 6.08. The number of ether oxygens (including phenoxy) is 5. The zero-order valence-corrected chi connectivity index (χ0v) is 49.6. The predicted molar refractivity (Wildman–Crippen MR) is 323 cm³/mol. The van der Waals surface area contributed by atoms with Gasteiger partial charge in [0.1, 0.15) is 59.1 Å². The van der Waals surface area contributed by atoms with Gasteiger partial charge in [-0.2, -0.15) is 0 Å². The fraction of sp³-hybridized carbons (Fsp3) is 0.455. The molecule has 5 fully saturated rings. The van der Waals surface area contributed by atoms with Gasteiger partial charge in [0, 0.05) is 113 Å². The number of carbonyl (C=O) groups is 6. The summed E-state index contributed by atoms with van der Waals surface area (Å²) in [5.74, 6) is -1.15. The monoisotopic (exact) mass is 1180 g/mol. The second kappa shape index (κ2) is 24.1. The number of morpholine rings is 2. The van der Waals surface area contributed by atoms with E-state index in [9.17, 15) is 28.8 Å². The summed E-state index contributed by atoms with van der Waals surface area (Å²) >= 11 is 0. The number of rotatable bonds is 17. The number of amides is 5. The number of primary amides is 1. The van der Waals surface area contributed by atoms with Crippen LogP contribution in [0.3, 0.4) is 0 Å². The van der Waals surface area contributed by atoms with Crippen LogP contribution in [0.25, 0.3) is 21.8 Å². The van der Waals surface area contributed by atoms with Gasteiger partial charge in [-0.3, -0.25) is 38.7 Å². The average molecular weight is 1180 g/mol. The van der Waals surface area contributed by atoms with Crippen LogP contribution in [-0.2, 0) is 59.6 Å². The zero-order valence-electron chi connectivity index (χ0n) is 49.6. The molecule has 0 unspecified atom stereocenters. The molecule has 0 radical (unpaired) electrons. The molecule has 2 aromatic heterocycles. The number of carbonyl (C=O) groups excluding carboxylic acids is 6. The van der Waals surface area contributed by atoms with Gasteiger partial charge in [0.05, 0.1) is 37.5 Å². The van der Waals surface area contributed by atoms with Gasteiger partial charge in [0.2, 0.25) is 11.8 Å². The van der Waals surface area contributed by atoms with Crippen molar-refractivity contribution in [1.29, 1.82) is 0 Å². The highest BCUT2D eigenvalue weighted by atomic mass is 16.6. The molecule has 21 heteroatoms. The number of pyridine rings is 2. The first-order chi connectivity index (χ1) is 42.0. The van der Waals surface area contributed by atoms with E-state index in [1.807, 2.05) is 6.07 Å². The van der Waals surface area contributed by atoms with Crippen LogP contribution in [0, 0.1) is 0 Å². The molecule has 6 aromatic rings. The smallest absolute Gasteiger partial charge is 0.329 e. The summed E-state index contributed by atoms with van der Waals surface area (Å²) in [7, 11) is 0. The molecule has 5 saturated heterocycles. The van der Waals surface area contributed by atoms with Crippen molar-refractivity contribution >= 4 is 68.9 Å². The van der Waals surface area contributed by atoms with Crippen molar-refractivity contribution in [1.82, 2.24) is 34.5 Å². The summed E-state index contributed by atoms with van der Waals surface area (Å²) in [4.78, 5) is 108. The molecular formula is C66H74N10O11. The van der Waals surface area contributed by atoms with Gasteiger partial charge in [-0.1, -0.05) is 12.1 Å². The van der Waals surface area contributed by atoms with Crippen LogP contribution in [0.1, 0.15) is 95.8 Å². The highest BCUT2D eigenvalue weighted by Gasteiger charge is 2.50. The fourth-order valence-corrected chi connectivity index (χ4v) is 13.4. The van der Waals surface area contributed by atoms with Crippen LogP contribution in [0.15, 0.2) is 97.1 Å². The Labute approximate surface area is 505 Å². The van der Waals surface area contributed by atoms with Crippen molar-refractivity contribution < 1.29 is 52.5 Å². The number of aromatic nitrogens is 2. The summed E-state index contributed by atoms with van der Waals surface area (Å²) in [6.07, 6.45) is 0.725. The Morgan fingerprint density at radius 3 is 1.68 bits per heavy atom. The fourth-order valence-electron chi connectivity index (χ4n) is 13.4. The molecule has 454 valence electrons. The molecule has 13 rings (SSSR count). The summed E-state index contributed by atoms with van der Waals surface area (Å²) in [6.45, 7) is 15.7. The molecule has 2 N–H and O–H groups in total. The van der Waals surface area contributed by atoms with E-state index >= 15 is 0 Å². The molecule has 0 spiro atoms. The van der Waals surface area contributed by atoms with Gasteiger partial charge in [0.25, 0.3) is 17.7 Å². The van der Waals surface area contributed by atoms with Crippen LogP contribution >= 0.6 is 0 Å². The lowest BCUT2D eigenvalue weighted by molar-refractivity contribution is -0.173. The minimum atomic E-state index is -1.66. The third kappa shape index (κ3) is 12.4. The lowest BCUT2D eigenvalue weighted by Gasteiger charge is -2.40. The second-order valence-electron chi connectivity index (χ2n) is 25.0. The van der Waals surface area contributed by atoms with Crippen LogP contribution in [-0.4, -0.2) is 185 Å². The Morgan fingerprint density at radius 1 is 0.621 bits per heavy atom. The van der Waals surface area contributed by atoms with E-state index < -0.39 is 65.7 Å². The lowest BCUT2D eigenvalue weighted by atomic mass is 9.96. The maximum absolute atomic E-state index is 14.9. The van der Waals surface area contributed by atoms with Crippen molar-refractivity contribution in [3.05, 3.63) is 130 Å². The Hall–Kier alpha value is -8.24. The van der Waals surface area contributed by atoms with Gasteiger partial charge < -0.3 is 49.0 Å². The third-order valence-electron chi connectivity index (χ3n) is 17.8. The first kappa shape index (κ1) is 57.8. The van der Waals surface area contributed by atoms with Gasteiger partial charge in [-0.25, -0.2) is 14.8 Å². The number of likely N-dealkylation sites (tertiary alicyclic amines) is 3. The molecule has 9 heterocycles. The van der Waals surface area contributed by atoms with Crippen molar-refractivity contribution in [2.75, 3.05) is 88.6 Å². The largest absolute Gasteiger partial charge is 0.489 e. The first-order valence-electron chi connectivity index (χ1n) is 30.5. The Balaban J connectivity index is 0.637. The molecule has 4 aromatic carbocycles. The van der Waals surface area contributed by atoms with Crippen molar-refractivity contribution in [3.8, 4) is 11.5 Å². The van der Waals surface area contributed by atoms with Crippen molar-refractivity contribution in [3.63, 3.8) is 0 Å². The topological polar surface area (TPSA) is 223 Å². The molecule has 0 bridgehead atoms. The normalized spacial score (nSPS) is 21.9. The number of nitrogens with two attached hydrogens (primary N) is 1. The molecule has 5 atom stereocenters. The molecule has 21 nitrogen and oxygen atoms in total. The van der Waals surface area contributed by atoms with Crippen molar-refractivity contribution in [2.24, 2.45) is 5.73 Å². The zero-order chi connectivity index (χ0) is 60.1. The van der Waals surface area contributed by atoms with E-state index in [4.69, 9.17) is 39.4 Å². The Kier molecular flexibility index (Phi) is 16.0. The molecule has 7 aliphatic rings. The van der Waals surface area contributed by atoms with Crippen LogP contribution < -0.4 is 25.0 Å². The van der Waals surface area contributed by atoms with E-state index in [-0.39, 0.29) is 38.1 Å². The number of hydrogen-bond donors (Lipinski definition) is 1. The van der Waals surface area contributed by atoms with Gasteiger partial charge in [0.15, 0.2) is 0 Å². The van der Waals surface area contributed by atoms with Crippen molar-refractivity contribution in [2.45, 2.75) is 115 Å². The summed E-state index contributed by atoms with van der Waals surface area (Å²) in [5, 5.41) is 2.17. The number of fused-ring (bicyclic) bond motifs is 4. The average Bonchev–Trinajstić information content (AvgIpc) is 3.12. The molecule has 87 heavy (non-hydrogen) atoms. The quantitative estimate of drug-likeness (QED) is 0.0836.